The Bertz CT molecular complexity index is 383. The summed E-state index contributed by atoms with van der Waals surface area (Å²) in [5, 5.41) is 3.35. The summed E-state index contributed by atoms with van der Waals surface area (Å²) in [6.07, 6.45) is 3.48. The van der Waals surface area contributed by atoms with Gasteiger partial charge in [-0.3, -0.25) is 4.98 Å². The van der Waals surface area contributed by atoms with Gasteiger partial charge in [-0.15, -0.1) is 0 Å². The number of hydrogen-bond acceptors (Lipinski definition) is 3. The average molecular weight is 202 g/mol. The third-order valence-corrected chi connectivity index (χ3v) is 2.22. The second-order valence-electron chi connectivity index (χ2n) is 3.26. The van der Waals surface area contributed by atoms with Crippen molar-refractivity contribution >= 4 is 0 Å². The van der Waals surface area contributed by atoms with E-state index in [-0.39, 0.29) is 6.04 Å². The van der Waals surface area contributed by atoms with Crippen molar-refractivity contribution in [2.24, 2.45) is 0 Å². The predicted octanol–water partition coefficient (Wildman–Crippen LogP) is 2.37. The van der Waals surface area contributed by atoms with Crippen LogP contribution in [0.25, 0.3) is 0 Å². The van der Waals surface area contributed by atoms with Crippen molar-refractivity contribution in [1.29, 1.82) is 0 Å². The minimum atomic E-state index is 0.0474. The van der Waals surface area contributed by atoms with Crippen LogP contribution in [0.4, 0.5) is 0 Å². The molecule has 0 aliphatic heterocycles. The lowest BCUT2D eigenvalue weighted by Gasteiger charge is -2.14. The zero-order valence-corrected chi connectivity index (χ0v) is 8.68. The van der Waals surface area contributed by atoms with Gasteiger partial charge in [0.25, 0.3) is 0 Å². The number of nitrogens with zero attached hydrogens (tertiary/aromatic N) is 1. The molecule has 78 valence electrons. The highest BCUT2D eigenvalue weighted by Crippen LogP contribution is 2.19. The molecule has 0 aliphatic carbocycles. The van der Waals surface area contributed by atoms with E-state index in [9.17, 15) is 0 Å². The van der Waals surface area contributed by atoms with Gasteiger partial charge in [0.2, 0.25) is 0 Å². The summed E-state index contributed by atoms with van der Waals surface area (Å²) < 4.78 is 5.40. The molecule has 15 heavy (non-hydrogen) atoms. The fraction of sp³-hybridized carbons (Fsp3) is 0.250. The predicted molar refractivity (Wildman–Crippen MR) is 58.5 cm³/mol. The van der Waals surface area contributed by atoms with Gasteiger partial charge >= 0.3 is 0 Å². The molecule has 0 saturated carbocycles. The number of rotatable bonds is 4. The van der Waals surface area contributed by atoms with Crippen LogP contribution in [0.2, 0.25) is 0 Å². The van der Waals surface area contributed by atoms with E-state index < -0.39 is 0 Å². The van der Waals surface area contributed by atoms with Gasteiger partial charge < -0.3 is 9.73 Å². The molecule has 2 rings (SSSR count). The van der Waals surface area contributed by atoms with Gasteiger partial charge in [-0.25, -0.2) is 0 Å². The Hall–Kier alpha value is -1.61. The van der Waals surface area contributed by atoms with Gasteiger partial charge in [0.05, 0.1) is 12.0 Å². The van der Waals surface area contributed by atoms with Crippen LogP contribution < -0.4 is 5.32 Å². The van der Waals surface area contributed by atoms with Crippen molar-refractivity contribution in [3.8, 4) is 0 Å². The highest BCUT2D eigenvalue weighted by atomic mass is 16.3. The fourth-order valence-electron chi connectivity index (χ4n) is 1.56. The van der Waals surface area contributed by atoms with E-state index >= 15 is 0 Å². The maximum atomic E-state index is 5.40. The molecule has 3 nitrogen and oxygen atoms in total. The summed E-state index contributed by atoms with van der Waals surface area (Å²) in [5.74, 6) is 0.899. The Morgan fingerprint density at radius 1 is 1.33 bits per heavy atom. The maximum absolute atomic E-state index is 5.40. The number of pyridine rings is 1. The zero-order valence-electron chi connectivity index (χ0n) is 8.68. The molecule has 1 unspecified atom stereocenters. The second-order valence-corrected chi connectivity index (χ2v) is 3.26. The second kappa shape index (κ2) is 4.75. The lowest BCUT2D eigenvalue weighted by atomic mass is 10.1. The molecule has 0 amide bonds. The molecule has 0 fully saturated rings. The van der Waals surface area contributed by atoms with Crippen LogP contribution in [-0.2, 0) is 0 Å². The minimum absolute atomic E-state index is 0.0474. The first-order chi connectivity index (χ1) is 7.42. The van der Waals surface area contributed by atoms with Crippen LogP contribution in [0, 0.1) is 0 Å². The van der Waals surface area contributed by atoms with Crippen LogP contribution in [0.5, 0.6) is 0 Å². The Kier molecular flexibility index (Phi) is 3.15. The molecule has 0 radical (unpaired) electrons. The summed E-state index contributed by atoms with van der Waals surface area (Å²) in [6.45, 7) is 2.95. The number of furan rings is 1. The van der Waals surface area contributed by atoms with Crippen molar-refractivity contribution in [3.05, 3.63) is 54.2 Å². The fourth-order valence-corrected chi connectivity index (χ4v) is 1.56. The molecule has 0 aliphatic rings. The Balaban J connectivity index is 2.28. The number of hydrogen-bond donors (Lipinski definition) is 1. The third-order valence-electron chi connectivity index (χ3n) is 2.22. The zero-order chi connectivity index (χ0) is 10.5. The highest BCUT2D eigenvalue weighted by Gasteiger charge is 2.15. The van der Waals surface area contributed by atoms with Crippen LogP contribution in [0.3, 0.4) is 0 Å². The monoisotopic (exact) mass is 202 g/mol. The van der Waals surface area contributed by atoms with Gasteiger partial charge in [0.15, 0.2) is 0 Å². The third kappa shape index (κ3) is 2.25. The van der Waals surface area contributed by atoms with Gasteiger partial charge in [0, 0.05) is 6.20 Å². The maximum Gasteiger partial charge on any atom is 0.126 e. The van der Waals surface area contributed by atoms with E-state index in [1.54, 1.807) is 12.5 Å². The molecule has 2 aromatic heterocycles. The van der Waals surface area contributed by atoms with Gasteiger partial charge in [-0.1, -0.05) is 13.0 Å². The number of nitrogens with one attached hydrogen (secondary N) is 1. The first kappa shape index (κ1) is 9.93. The summed E-state index contributed by atoms with van der Waals surface area (Å²) in [7, 11) is 0. The first-order valence-electron chi connectivity index (χ1n) is 5.09. The summed E-state index contributed by atoms with van der Waals surface area (Å²) in [4.78, 5) is 4.33. The molecule has 2 aromatic rings. The van der Waals surface area contributed by atoms with Crippen molar-refractivity contribution in [1.82, 2.24) is 10.3 Å². The van der Waals surface area contributed by atoms with Crippen LogP contribution in [0.15, 0.2) is 47.2 Å². The van der Waals surface area contributed by atoms with Gasteiger partial charge in [0.1, 0.15) is 11.8 Å². The molecular formula is C12H14N2O. The lowest BCUT2D eigenvalue weighted by Crippen LogP contribution is -2.22. The molecule has 0 bridgehead atoms. The van der Waals surface area contributed by atoms with E-state index in [0.29, 0.717) is 0 Å². The van der Waals surface area contributed by atoms with E-state index in [1.807, 2.05) is 30.3 Å². The standard InChI is InChI=1S/C12H14N2O/c1-2-13-12(11-7-5-9-15-11)10-6-3-4-8-14-10/h3-9,12-13H,2H2,1H3. The first-order valence-corrected chi connectivity index (χ1v) is 5.09. The van der Waals surface area contributed by atoms with E-state index in [4.69, 9.17) is 4.42 Å². The van der Waals surface area contributed by atoms with E-state index in [0.717, 1.165) is 18.0 Å². The SMILES string of the molecule is CCNC(c1ccccn1)c1ccco1. The normalized spacial score (nSPS) is 12.6. The molecule has 0 spiro atoms. The van der Waals surface area contributed by atoms with Crippen molar-refractivity contribution in [3.63, 3.8) is 0 Å². The number of aromatic nitrogens is 1. The highest BCUT2D eigenvalue weighted by molar-refractivity contribution is 5.19. The summed E-state index contributed by atoms with van der Waals surface area (Å²) >= 11 is 0. The molecular weight excluding hydrogens is 188 g/mol. The largest absolute Gasteiger partial charge is 0.467 e. The quantitative estimate of drug-likeness (QED) is 0.827. The average Bonchev–Trinajstić information content (AvgIpc) is 2.80. The lowest BCUT2D eigenvalue weighted by molar-refractivity contribution is 0.447. The molecule has 3 heteroatoms. The molecule has 1 atom stereocenters. The van der Waals surface area contributed by atoms with Crippen LogP contribution in [0.1, 0.15) is 24.4 Å². The molecule has 2 heterocycles. The summed E-state index contributed by atoms with van der Waals surface area (Å²) in [5.41, 5.74) is 0.981. The Morgan fingerprint density at radius 3 is 2.87 bits per heavy atom. The molecule has 0 aromatic carbocycles. The topological polar surface area (TPSA) is 38.1 Å². The van der Waals surface area contributed by atoms with Crippen molar-refractivity contribution in [2.45, 2.75) is 13.0 Å². The van der Waals surface area contributed by atoms with E-state index in [1.165, 1.54) is 0 Å². The smallest absolute Gasteiger partial charge is 0.126 e. The Labute approximate surface area is 89.1 Å². The van der Waals surface area contributed by atoms with Crippen molar-refractivity contribution in [2.75, 3.05) is 6.54 Å². The van der Waals surface area contributed by atoms with Gasteiger partial charge in [-0.05, 0) is 30.8 Å². The van der Waals surface area contributed by atoms with Crippen LogP contribution in [-0.4, -0.2) is 11.5 Å². The van der Waals surface area contributed by atoms with E-state index in [2.05, 4.69) is 17.2 Å². The van der Waals surface area contributed by atoms with Gasteiger partial charge in [-0.2, -0.15) is 0 Å². The Morgan fingerprint density at radius 2 is 2.27 bits per heavy atom. The molecule has 1 N–H and O–H groups in total. The van der Waals surface area contributed by atoms with Crippen molar-refractivity contribution < 1.29 is 4.42 Å². The molecule has 0 saturated heterocycles. The summed E-state index contributed by atoms with van der Waals surface area (Å²) in [6, 6.07) is 9.79. The minimum Gasteiger partial charge on any atom is -0.467 e. The van der Waals surface area contributed by atoms with Crippen LogP contribution >= 0.6 is 0 Å².